The quantitative estimate of drug-likeness (QED) is 0.637. The SMILES string of the molecule is CC(=O)c1cc(N2CCN(C)CC2C)ccc1N. The van der Waals surface area contributed by atoms with Crippen LogP contribution in [-0.2, 0) is 0 Å². The molecule has 1 aromatic carbocycles. The zero-order valence-corrected chi connectivity index (χ0v) is 11.3. The first kappa shape index (κ1) is 12.9. The van der Waals surface area contributed by atoms with Crippen LogP contribution in [0.25, 0.3) is 0 Å². The van der Waals surface area contributed by atoms with Crippen molar-refractivity contribution in [2.75, 3.05) is 37.3 Å². The standard InChI is InChI=1S/C14H21N3O/c1-10-9-16(3)6-7-17(10)12-4-5-14(15)13(8-12)11(2)18/h4-5,8,10H,6-7,9,15H2,1-3H3. The fourth-order valence-electron chi connectivity index (χ4n) is 2.55. The highest BCUT2D eigenvalue weighted by Crippen LogP contribution is 2.25. The number of nitrogens with two attached hydrogens (primary N) is 1. The van der Waals surface area contributed by atoms with Gasteiger partial charge in [-0.25, -0.2) is 0 Å². The van der Waals surface area contributed by atoms with Gasteiger partial charge in [-0.15, -0.1) is 0 Å². The van der Waals surface area contributed by atoms with E-state index in [-0.39, 0.29) is 5.78 Å². The van der Waals surface area contributed by atoms with Crippen molar-refractivity contribution in [2.45, 2.75) is 19.9 Å². The monoisotopic (exact) mass is 247 g/mol. The largest absolute Gasteiger partial charge is 0.398 e. The lowest BCUT2D eigenvalue weighted by Crippen LogP contribution is -2.50. The second-order valence-corrected chi connectivity index (χ2v) is 5.13. The van der Waals surface area contributed by atoms with Gasteiger partial charge in [0.05, 0.1) is 0 Å². The van der Waals surface area contributed by atoms with Gasteiger partial charge in [0.2, 0.25) is 0 Å². The molecule has 0 aliphatic carbocycles. The molecule has 1 heterocycles. The predicted molar refractivity (Wildman–Crippen MR) is 75.2 cm³/mol. The average Bonchev–Trinajstić information content (AvgIpc) is 2.30. The molecule has 0 amide bonds. The Morgan fingerprint density at radius 1 is 1.39 bits per heavy atom. The Kier molecular flexibility index (Phi) is 3.57. The van der Waals surface area contributed by atoms with Crippen LogP contribution in [0.15, 0.2) is 18.2 Å². The van der Waals surface area contributed by atoms with Crippen molar-refractivity contribution in [3.05, 3.63) is 23.8 Å². The topological polar surface area (TPSA) is 49.6 Å². The van der Waals surface area contributed by atoms with Crippen molar-refractivity contribution in [1.29, 1.82) is 0 Å². The van der Waals surface area contributed by atoms with E-state index in [1.54, 1.807) is 6.92 Å². The summed E-state index contributed by atoms with van der Waals surface area (Å²) in [4.78, 5) is 16.2. The number of hydrogen-bond donors (Lipinski definition) is 1. The van der Waals surface area contributed by atoms with Gasteiger partial charge in [0, 0.05) is 42.6 Å². The molecule has 0 spiro atoms. The zero-order chi connectivity index (χ0) is 13.3. The normalized spacial score (nSPS) is 21.1. The number of likely N-dealkylation sites (N-methyl/N-ethyl adjacent to an activating group) is 1. The molecule has 1 aliphatic heterocycles. The van der Waals surface area contributed by atoms with E-state index in [2.05, 4.69) is 23.8 Å². The molecule has 1 fully saturated rings. The van der Waals surface area contributed by atoms with Gasteiger partial charge in [0.15, 0.2) is 5.78 Å². The van der Waals surface area contributed by atoms with E-state index in [4.69, 9.17) is 5.73 Å². The molecule has 0 bridgehead atoms. The highest BCUT2D eigenvalue weighted by molar-refractivity contribution is 6.00. The smallest absolute Gasteiger partial charge is 0.161 e. The van der Waals surface area contributed by atoms with Crippen LogP contribution in [0.1, 0.15) is 24.2 Å². The summed E-state index contributed by atoms with van der Waals surface area (Å²) >= 11 is 0. The van der Waals surface area contributed by atoms with Gasteiger partial charge in [0.1, 0.15) is 0 Å². The highest BCUT2D eigenvalue weighted by Gasteiger charge is 2.22. The van der Waals surface area contributed by atoms with E-state index in [1.807, 2.05) is 18.2 Å². The van der Waals surface area contributed by atoms with Crippen LogP contribution in [0.3, 0.4) is 0 Å². The summed E-state index contributed by atoms with van der Waals surface area (Å²) in [5, 5.41) is 0. The minimum Gasteiger partial charge on any atom is -0.398 e. The Labute approximate surface area is 108 Å². The van der Waals surface area contributed by atoms with Crippen molar-refractivity contribution in [2.24, 2.45) is 0 Å². The molecule has 1 aliphatic rings. The van der Waals surface area contributed by atoms with Crippen molar-refractivity contribution in [3.63, 3.8) is 0 Å². The first-order valence-corrected chi connectivity index (χ1v) is 6.34. The second kappa shape index (κ2) is 4.98. The molecule has 1 unspecified atom stereocenters. The molecule has 2 rings (SSSR count). The Morgan fingerprint density at radius 3 is 2.72 bits per heavy atom. The number of carbonyl (C=O) groups is 1. The minimum absolute atomic E-state index is 0.0242. The second-order valence-electron chi connectivity index (χ2n) is 5.13. The summed E-state index contributed by atoms with van der Waals surface area (Å²) in [6.07, 6.45) is 0. The van der Waals surface area contributed by atoms with Gasteiger partial charge in [-0.05, 0) is 39.1 Å². The van der Waals surface area contributed by atoms with E-state index in [0.717, 1.165) is 25.3 Å². The summed E-state index contributed by atoms with van der Waals surface area (Å²) in [6.45, 7) is 6.84. The first-order chi connectivity index (χ1) is 8.49. The number of rotatable bonds is 2. The van der Waals surface area contributed by atoms with Crippen molar-refractivity contribution in [1.82, 2.24) is 4.90 Å². The summed E-state index contributed by atoms with van der Waals surface area (Å²) in [7, 11) is 2.14. The van der Waals surface area contributed by atoms with Crippen LogP contribution in [0.4, 0.5) is 11.4 Å². The van der Waals surface area contributed by atoms with Crippen LogP contribution >= 0.6 is 0 Å². The van der Waals surface area contributed by atoms with E-state index in [1.165, 1.54) is 0 Å². The molecule has 1 aromatic rings. The minimum atomic E-state index is 0.0242. The van der Waals surface area contributed by atoms with Crippen LogP contribution in [-0.4, -0.2) is 43.4 Å². The molecular formula is C14H21N3O. The number of nitrogens with zero attached hydrogens (tertiary/aromatic N) is 2. The third-order valence-electron chi connectivity index (χ3n) is 3.58. The number of piperazine rings is 1. The van der Waals surface area contributed by atoms with Crippen LogP contribution in [0.2, 0.25) is 0 Å². The molecule has 98 valence electrons. The van der Waals surface area contributed by atoms with Crippen molar-refractivity contribution in [3.8, 4) is 0 Å². The summed E-state index contributed by atoms with van der Waals surface area (Å²) in [5.41, 5.74) is 8.11. The molecule has 0 aromatic heterocycles. The maximum Gasteiger partial charge on any atom is 0.161 e. The summed E-state index contributed by atoms with van der Waals surface area (Å²) in [5.74, 6) is 0.0242. The number of ketones is 1. The number of Topliss-reactive ketones (excluding diaryl/α,β-unsaturated/α-hetero) is 1. The molecule has 1 atom stereocenters. The number of benzene rings is 1. The van der Waals surface area contributed by atoms with Crippen molar-refractivity contribution >= 4 is 17.2 Å². The third kappa shape index (κ3) is 2.48. The molecule has 0 saturated carbocycles. The molecule has 4 nitrogen and oxygen atoms in total. The lowest BCUT2D eigenvalue weighted by atomic mass is 10.1. The van der Waals surface area contributed by atoms with Gasteiger partial charge in [-0.1, -0.05) is 0 Å². The van der Waals surface area contributed by atoms with Gasteiger partial charge < -0.3 is 15.5 Å². The Morgan fingerprint density at radius 2 is 2.11 bits per heavy atom. The maximum atomic E-state index is 11.5. The summed E-state index contributed by atoms with van der Waals surface area (Å²) in [6, 6.07) is 6.20. The van der Waals surface area contributed by atoms with Crippen LogP contribution in [0.5, 0.6) is 0 Å². The van der Waals surface area contributed by atoms with E-state index < -0.39 is 0 Å². The lowest BCUT2D eigenvalue weighted by molar-refractivity contribution is 0.101. The molecule has 1 saturated heterocycles. The van der Waals surface area contributed by atoms with Gasteiger partial charge in [0.25, 0.3) is 0 Å². The molecule has 2 N–H and O–H groups in total. The first-order valence-electron chi connectivity index (χ1n) is 6.34. The number of anilines is 2. The van der Waals surface area contributed by atoms with Gasteiger partial charge in [-0.3, -0.25) is 4.79 Å². The fourth-order valence-corrected chi connectivity index (χ4v) is 2.55. The Hall–Kier alpha value is -1.55. The third-order valence-corrected chi connectivity index (χ3v) is 3.58. The lowest BCUT2D eigenvalue weighted by Gasteiger charge is -2.40. The zero-order valence-electron chi connectivity index (χ0n) is 11.3. The Balaban J connectivity index is 2.28. The molecule has 0 radical (unpaired) electrons. The van der Waals surface area contributed by atoms with E-state index in [9.17, 15) is 4.79 Å². The Bertz CT molecular complexity index is 458. The fraction of sp³-hybridized carbons (Fsp3) is 0.500. The molecule has 4 heteroatoms. The van der Waals surface area contributed by atoms with Gasteiger partial charge in [-0.2, -0.15) is 0 Å². The number of nitrogen functional groups attached to an aromatic ring is 1. The van der Waals surface area contributed by atoms with Gasteiger partial charge >= 0.3 is 0 Å². The molecular weight excluding hydrogens is 226 g/mol. The predicted octanol–water partition coefficient (Wildman–Crippen LogP) is 1.61. The number of carbonyl (C=O) groups excluding carboxylic acids is 1. The maximum absolute atomic E-state index is 11.5. The van der Waals surface area contributed by atoms with Crippen LogP contribution in [0, 0.1) is 0 Å². The van der Waals surface area contributed by atoms with Crippen molar-refractivity contribution < 1.29 is 4.79 Å². The highest BCUT2D eigenvalue weighted by atomic mass is 16.1. The van der Waals surface area contributed by atoms with E-state index in [0.29, 0.717) is 17.3 Å². The average molecular weight is 247 g/mol. The van der Waals surface area contributed by atoms with Crippen LogP contribution < -0.4 is 10.6 Å². The van der Waals surface area contributed by atoms with E-state index >= 15 is 0 Å². The number of hydrogen-bond acceptors (Lipinski definition) is 4. The molecule has 18 heavy (non-hydrogen) atoms. The summed E-state index contributed by atoms with van der Waals surface area (Å²) < 4.78 is 0.